The lowest BCUT2D eigenvalue weighted by Crippen LogP contribution is -2.42. The molecule has 1 saturated heterocycles. The molecule has 18 heavy (non-hydrogen) atoms. The van der Waals surface area contributed by atoms with Crippen molar-refractivity contribution in [2.24, 2.45) is 17.8 Å². The third kappa shape index (κ3) is 1.11. The van der Waals surface area contributed by atoms with Crippen molar-refractivity contribution in [3.8, 4) is 0 Å². The first kappa shape index (κ1) is 10.4. The number of fused-ring (bicyclic) bond motifs is 1. The van der Waals surface area contributed by atoms with Gasteiger partial charge in [0.1, 0.15) is 5.69 Å². The fourth-order valence-corrected chi connectivity index (χ4v) is 4.29. The number of rotatable bonds is 1. The van der Waals surface area contributed by atoms with Crippen LogP contribution in [-0.2, 0) is 0 Å². The molecule has 2 saturated carbocycles. The zero-order chi connectivity index (χ0) is 12.4. The van der Waals surface area contributed by atoms with Crippen LogP contribution in [0, 0.1) is 17.8 Å². The van der Waals surface area contributed by atoms with Crippen LogP contribution in [0.2, 0.25) is 0 Å². The Labute approximate surface area is 104 Å². The number of H-pyrrole nitrogens is 1. The zero-order valence-corrected chi connectivity index (χ0v) is 9.91. The van der Waals surface area contributed by atoms with Crippen LogP contribution in [0.15, 0.2) is 11.1 Å². The van der Waals surface area contributed by atoms with Crippen molar-refractivity contribution in [2.75, 3.05) is 17.2 Å². The maximum atomic E-state index is 11.6. The Morgan fingerprint density at radius 3 is 3.06 bits per heavy atom. The van der Waals surface area contributed by atoms with Crippen molar-refractivity contribution in [3.63, 3.8) is 0 Å². The van der Waals surface area contributed by atoms with Crippen LogP contribution < -0.4 is 16.2 Å². The third-order valence-electron chi connectivity index (χ3n) is 4.99. The Balaban J connectivity index is 1.79. The van der Waals surface area contributed by atoms with Gasteiger partial charge in [0.15, 0.2) is 5.82 Å². The van der Waals surface area contributed by atoms with Gasteiger partial charge in [-0.25, -0.2) is 4.98 Å². The van der Waals surface area contributed by atoms with Crippen molar-refractivity contribution in [2.45, 2.75) is 25.0 Å². The summed E-state index contributed by atoms with van der Waals surface area (Å²) in [6, 6.07) is 0.102. The lowest BCUT2D eigenvalue weighted by molar-refractivity contribution is 0.0965. The highest BCUT2D eigenvalue weighted by molar-refractivity contribution is 5.62. The maximum absolute atomic E-state index is 11.6. The number of nitrogens with zero attached hydrogens (tertiary/aromatic N) is 2. The molecular formula is C12H16N4O2. The molecule has 3 aliphatic rings. The quantitative estimate of drug-likeness (QED) is 0.626. The van der Waals surface area contributed by atoms with E-state index in [9.17, 15) is 9.90 Å². The smallest absolute Gasteiger partial charge is 0.276 e. The van der Waals surface area contributed by atoms with Crippen LogP contribution in [-0.4, -0.2) is 33.8 Å². The Morgan fingerprint density at radius 1 is 1.44 bits per heavy atom. The molecule has 1 aromatic heterocycles. The maximum Gasteiger partial charge on any atom is 0.276 e. The van der Waals surface area contributed by atoms with E-state index in [0.717, 1.165) is 19.4 Å². The summed E-state index contributed by atoms with van der Waals surface area (Å²) in [5.41, 5.74) is 5.68. The minimum atomic E-state index is -0.303. The standard InChI is InChI=1S/C12H16N4O2/c13-8-11(14-4-15-12(8)18)16-3-6-1-5-2-7(6)9(16)10(5)17/h4-7,9-10,17H,1-3,13H2,(H,14,15,18). The molecule has 96 valence electrons. The average molecular weight is 248 g/mol. The summed E-state index contributed by atoms with van der Waals surface area (Å²) >= 11 is 0. The van der Waals surface area contributed by atoms with Gasteiger partial charge in [0, 0.05) is 6.54 Å². The van der Waals surface area contributed by atoms with Crippen LogP contribution in [0.4, 0.5) is 11.5 Å². The largest absolute Gasteiger partial charge is 0.391 e. The number of aliphatic hydroxyl groups is 1. The van der Waals surface area contributed by atoms with Crippen molar-refractivity contribution >= 4 is 11.5 Å². The molecule has 2 bridgehead atoms. The van der Waals surface area contributed by atoms with E-state index in [4.69, 9.17) is 5.73 Å². The highest BCUT2D eigenvalue weighted by Crippen LogP contribution is 2.55. The topological polar surface area (TPSA) is 95.2 Å². The molecule has 2 heterocycles. The summed E-state index contributed by atoms with van der Waals surface area (Å²) < 4.78 is 0. The van der Waals surface area contributed by atoms with Gasteiger partial charge in [0.25, 0.3) is 5.56 Å². The highest BCUT2D eigenvalue weighted by Gasteiger charge is 2.59. The molecule has 1 aliphatic heterocycles. The Hall–Kier alpha value is -1.56. The van der Waals surface area contributed by atoms with Gasteiger partial charge in [-0.2, -0.15) is 0 Å². The number of hydrogen-bond acceptors (Lipinski definition) is 5. The number of hydrogen-bond donors (Lipinski definition) is 3. The van der Waals surface area contributed by atoms with Gasteiger partial charge in [-0.05, 0) is 30.6 Å². The van der Waals surface area contributed by atoms with Gasteiger partial charge in [0.05, 0.1) is 18.5 Å². The minimum absolute atomic E-state index is 0.102. The van der Waals surface area contributed by atoms with Crippen LogP contribution in [0.25, 0.3) is 0 Å². The number of nitrogen functional groups attached to an aromatic ring is 1. The second-order valence-corrected chi connectivity index (χ2v) is 5.76. The molecule has 4 rings (SSSR count). The molecule has 2 aliphatic carbocycles. The van der Waals surface area contributed by atoms with E-state index in [1.807, 2.05) is 0 Å². The van der Waals surface area contributed by atoms with E-state index in [1.54, 1.807) is 0 Å². The normalized spacial score (nSPS) is 40.7. The predicted molar refractivity (Wildman–Crippen MR) is 66.1 cm³/mol. The number of nitrogens with one attached hydrogen (secondary N) is 1. The van der Waals surface area contributed by atoms with Crippen molar-refractivity contribution in [1.29, 1.82) is 0 Å². The molecule has 4 N–H and O–H groups in total. The van der Waals surface area contributed by atoms with Crippen LogP contribution >= 0.6 is 0 Å². The van der Waals surface area contributed by atoms with Gasteiger partial charge >= 0.3 is 0 Å². The molecule has 0 spiro atoms. The molecule has 6 nitrogen and oxygen atoms in total. The summed E-state index contributed by atoms with van der Waals surface area (Å²) in [6.45, 7) is 0.865. The van der Waals surface area contributed by atoms with Gasteiger partial charge in [-0.3, -0.25) is 4.79 Å². The van der Waals surface area contributed by atoms with Gasteiger partial charge < -0.3 is 20.7 Å². The lowest BCUT2D eigenvalue weighted by atomic mass is 9.88. The fourth-order valence-electron chi connectivity index (χ4n) is 4.29. The molecule has 5 unspecified atom stereocenters. The number of aromatic nitrogens is 2. The van der Waals surface area contributed by atoms with Crippen molar-refractivity contribution < 1.29 is 5.11 Å². The predicted octanol–water partition coefficient (Wildman–Crippen LogP) is -0.442. The summed E-state index contributed by atoms with van der Waals surface area (Å²) in [6.07, 6.45) is 3.29. The van der Waals surface area contributed by atoms with Crippen LogP contribution in [0.5, 0.6) is 0 Å². The number of anilines is 2. The summed E-state index contributed by atoms with van der Waals surface area (Å²) in [4.78, 5) is 20.3. The lowest BCUT2D eigenvalue weighted by Gasteiger charge is -2.29. The Morgan fingerprint density at radius 2 is 2.28 bits per heavy atom. The molecule has 0 aromatic carbocycles. The Kier molecular flexibility index (Phi) is 1.88. The first-order valence-corrected chi connectivity index (χ1v) is 6.44. The summed E-state index contributed by atoms with van der Waals surface area (Å²) in [5, 5.41) is 10.3. The fraction of sp³-hybridized carbons (Fsp3) is 0.667. The van der Waals surface area contributed by atoms with Crippen molar-refractivity contribution in [1.82, 2.24) is 9.97 Å². The second kappa shape index (κ2) is 3.26. The third-order valence-corrected chi connectivity index (χ3v) is 4.99. The molecule has 5 atom stereocenters. The molecule has 1 aromatic rings. The summed E-state index contributed by atoms with van der Waals surface area (Å²) in [7, 11) is 0. The van der Waals surface area contributed by atoms with Gasteiger partial charge in [0.2, 0.25) is 0 Å². The molecule has 0 amide bonds. The SMILES string of the molecule is Nc1c(N2CC3CC4CC3C2C4O)nc[nH]c1=O. The number of nitrogens with two attached hydrogens (primary N) is 1. The average Bonchev–Trinajstić information content (AvgIpc) is 2.94. The molecule has 3 fully saturated rings. The second-order valence-electron chi connectivity index (χ2n) is 5.76. The highest BCUT2D eigenvalue weighted by atomic mass is 16.3. The molecule has 0 radical (unpaired) electrons. The van der Waals surface area contributed by atoms with Gasteiger partial charge in [-0.15, -0.1) is 0 Å². The van der Waals surface area contributed by atoms with Crippen molar-refractivity contribution in [3.05, 3.63) is 16.7 Å². The first-order chi connectivity index (χ1) is 8.66. The molecule has 6 heteroatoms. The van der Waals surface area contributed by atoms with E-state index in [2.05, 4.69) is 14.9 Å². The Bertz CT molecular complexity index is 555. The zero-order valence-electron chi connectivity index (χ0n) is 9.91. The number of aliphatic hydroxyl groups excluding tert-OH is 1. The first-order valence-electron chi connectivity index (χ1n) is 6.44. The van der Waals surface area contributed by atoms with Crippen LogP contribution in [0.1, 0.15) is 12.8 Å². The number of aromatic amines is 1. The minimum Gasteiger partial charge on any atom is -0.391 e. The van der Waals surface area contributed by atoms with Crippen LogP contribution in [0.3, 0.4) is 0 Å². The monoisotopic (exact) mass is 248 g/mol. The van der Waals surface area contributed by atoms with E-state index in [-0.39, 0.29) is 23.4 Å². The van der Waals surface area contributed by atoms with E-state index < -0.39 is 0 Å². The molecular weight excluding hydrogens is 232 g/mol. The summed E-state index contributed by atoms with van der Waals surface area (Å²) in [5.74, 6) is 2.14. The van der Waals surface area contributed by atoms with Gasteiger partial charge in [-0.1, -0.05) is 0 Å². The van der Waals surface area contributed by atoms with E-state index in [0.29, 0.717) is 23.6 Å². The van der Waals surface area contributed by atoms with E-state index in [1.165, 1.54) is 6.33 Å². The van der Waals surface area contributed by atoms with E-state index >= 15 is 0 Å².